The lowest BCUT2D eigenvalue weighted by Gasteiger charge is -2.39. The van der Waals surface area contributed by atoms with Crippen molar-refractivity contribution in [2.75, 3.05) is 13.2 Å². The Labute approximate surface area is 183 Å². The number of benzene rings is 1. The molecule has 6 nitrogen and oxygen atoms in total. The Morgan fingerprint density at radius 1 is 1.23 bits per heavy atom. The highest BCUT2D eigenvalue weighted by Gasteiger charge is 2.36. The molecule has 2 heterocycles. The van der Waals surface area contributed by atoms with Crippen molar-refractivity contribution in [1.82, 2.24) is 15.1 Å². The number of para-hydroxylation sites is 2. The molecule has 31 heavy (non-hydrogen) atoms. The second kappa shape index (κ2) is 9.51. The number of allylic oxidation sites excluding steroid dienone is 4. The van der Waals surface area contributed by atoms with Crippen LogP contribution >= 0.6 is 0 Å². The number of nitrogens with zero attached hydrogens (tertiary/aromatic N) is 2. The molecule has 1 atom stereocenters. The maximum atomic E-state index is 13.4. The standard InChI is InChI=1S/C25H29N3O3/c1-6-18(12-13-19(7-2)20-14-26-27-15-20)16-28(25(3,4)5)24(29)23-17-30-21-10-8-9-11-22(21)31-23/h6-15,23H,1-2,16-17H2,3-5H3,(H,26,27)/b18-12+,19-13+. The molecule has 1 aliphatic heterocycles. The zero-order chi connectivity index (χ0) is 22.4. The summed E-state index contributed by atoms with van der Waals surface area (Å²) in [6.07, 6.45) is 10.2. The number of amides is 1. The highest BCUT2D eigenvalue weighted by molar-refractivity contribution is 5.83. The van der Waals surface area contributed by atoms with Gasteiger partial charge in [0.2, 0.25) is 6.10 Å². The lowest BCUT2D eigenvalue weighted by molar-refractivity contribution is -0.145. The molecule has 0 saturated heterocycles. The maximum absolute atomic E-state index is 13.4. The van der Waals surface area contributed by atoms with Gasteiger partial charge in [0.1, 0.15) is 6.61 Å². The quantitative estimate of drug-likeness (QED) is 0.668. The number of hydrogen-bond acceptors (Lipinski definition) is 4. The van der Waals surface area contributed by atoms with Crippen LogP contribution in [-0.4, -0.2) is 45.8 Å². The van der Waals surface area contributed by atoms with Gasteiger partial charge in [-0.25, -0.2) is 0 Å². The fraction of sp³-hybridized carbons (Fsp3) is 0.280. The SMILES string of the molecule is C=C/C(=C\C=C(/C=C)c1cn[nH]c1)CN(C(=O)C1COc2ccccc2O1)C(C)(C)C. The van der Waals surface area contributed by atoms with Crippen LogP contribution in [0.25, 0.3) is 5.57 Å². The molecule has 1 aromatic carbocycles. The number of aromatic amines is 1. The second-order valence-electron chi connectivity index (χ2n) is 8.22. The minimum atomic E-state index is -0.703. The van der Waals surface area contributed by atoms with Crippen molar-refractivity contribution in [1.29, 1.82) is 0 Å². The van der Waals surface area contributed by atoms with Gasteiger partial charge < -0.3 is 14.4 Å². The topological polar surface area (TPSA) is 67.5 Å². The van der Waals surface area contributed by atoms with E-state index in [1.54, 1.807) is 29.4 Å². The smallest absolute Gasteiger partial charge is 0.268 e. The van der Waals surface area contributed by atoms with Crippen molar-refractivity contribution >= 4 is 11.5 Å². The van der Waals surface area contributed by atoms with Gasteiger partial charge in [-0.3, -0.25) is 9.89 Å². The summed E-state index contributed by atoms with van der Waals surface area (Å²) in [5.41, 5.74) is 2.32. The van der Waals surface area contributed by atoms with E-state index in [-0.39, 0.29) is 12.5 Å². The van der Waals surface area contributed by atoms with Crippen LogP contribution in [0.4, 0.5) is 0 Å². The molecule has 1 N–H and O–H groups in total. The third-order valence-corrected chi connectivity index (χ3v) is 4.99. The first kappa shape index (κ1) is 22.2. The molecule has 0 fully saturated rings. The zero-order valence-electron chi connectivity index (χ0n) is 18.3. The highest BCUT2D eigenvalue weighted by atomic mass is 16.6. The summed E-state index contributed by atoms with van der Waals surface area (Å²) < 4.78 is 11.7. The fourth-order valence-corrected chi connectivity index (χ4v) is 3.22. The van der Waals surface area contributed by atoms with Crippen LogP contribution in [-0.2, 0) is 4.79 Å². The summed E-state index contributed by atoms with van der Waals surface area (Å²) in [5.74, 6) is 1.11. The molecule has 1 unspecified atom stereocenters. The first-order valence-corrected chi connectivity index (χ1v) is 10.2. The minimum absolute atomic E-state index is 0.127. The lowest BCUT2D eigenvalue weighted by Crippen LogP contribution is -2.54. The maximum Gasteiger partial charge on any atom is 0.268 e. The summed E-state index contributed by atoms with van der Waals surface area (Å²) >= 11 is 0. The molecule has 2 aromatic rings. The Balaban J connectivity index is 1.81. The van der Waals surface area contributed by atoms with Crippen molar-refractivity contribution in [3.8, 4) is 11.5 Å². The summed E-state index contributed by atoms with van der Waals surface area (Å²) in [5, 5.41) is 6.78. The molecule has 1 aliphatic rings. The Kier molecular flexibility index (Phi) is 6.80. The number of aromatic nitrogens is 2. The van der Waals surface area contributed by atoms with E-state index in [9.17, 15) is 4.79 Å². The van der Waals surface area contributed by atoms with Crippen molar-refractivity contribution in [2.24, 2.45) is 0 Å². The molecule has 0 spiro atoms. The first-order valence-electron chi connectivity index (χ1n) is 10.2. The predicted octanol–water partition coefficient (Wildman–Crippen LogP) is 4.56. The van der Waals surface area contributed by atoms with E-state index in [2.05, 4.69) is 23.4 Å². The van der Waals surface area contributed by atoms with E-state index in [4.69, 9.17) is 9.47 Å². The third-order valence-electron chi connectivity index (χ3n) is 4.99. The third kappa shape index (κ3) is 5.34. The summed E-state index contributed by atoms with van der Waals surface area (Å²) in [6, 6.07) is 7.38. The van der Waals surface area contributed by atoms with E-state index in [0.717, 1.165) is 16.7 Å². The van der Waals surface area contributed by atoms with Crippen molar-refractivity contribution < 1.29 is 14.3 Å². The second-order valence-corrected chi connectivity index (χ2v) is 8.22. The molecule has 3 rings (SSSR count). The van der Waals surface area contributed by atoms with Crippen LogP contribution in [0, 0.1) is 0 Å². The molecular formula is C25H29N3O3. The van der Waals surface area contributed by atoms with Crippen molar-refractivity contribution in [2.45, 2.75) is 32.4 Å². The van der Waals surface area contributed by atoms with E-state index in [0.29, 0.717) is 18.0 Å². The Bertz CT molecular complexity index is 997. The molecule has 0 bridgehead atoms. The molecule has 1 aromatic heterocycles. The molecule has 162 valence electrons. The number of fused-ring (bicyclic) bond motifs is 1. The summed E-state index contributed by atoms with van der Waals surface area (Å²) in [4.78, 5) is 15.2. The number of H-pyrrole nitrogens is 1. The zero-order valence-corrected chi connectivity index (χ0v) is 18.3. The van der Waals surface area contributed by atoms with Gasteiger partial charge in [-0.2, -0.15) is 5.10 Å². The van der Waals surface area contributed by atoms with Crippen LogP contribution in [0.15, 0.2) is 79.7 Å². The predicted molar refractivity (Wildman–Crippen MR) is 123 cm³/mol. The van der Waals surface area contributed by atoms with E-state index in [1.807, 2.05) is 57.2 Å². The summed E-state index contributed by atoms with van der Waals surface area (Å²) in [7, 11) is 0. The molecule has 0 radical (unpaired) electrons. The van der Waals surface area contributed by atoms with Crippen LogP contribution in [0.3, 0.4) is 0 Å². The average Bonchev–Trinajstić information content (AvgIpc) is 3.29. The van der Waals surface area contributed by atoms with Crippen LogP contribution in [0.5, 0.6) is 11.5 Å². The fourth-order valence-electron chi connectivity index (χ4n) is 3.22. The minimum Gasteiger partial charge on any atom is -0.485 e. The number of nitrogens with one attached hydrogen (secondary N) is 1. The van der Waals surface area contributed by atoms with Crippen molar-refractivity contribution in [3.05, 3.63) is 85.3 Å². The molecule has 6 heteroatoms. The number of rotatable bonds is 7. The average molecular weight is 420 g/mol. The molecular weight excluding hydrogens is 390 g/mol. The highest BCUT2D eigenvalue weighted by Crippen LogP contribution is 2.32. The monoisotopic (exact) mass is 419 g/mol. The Morgan fingerprint density at radius 3 is 2.58 bits per heavy atom. The Hall–Kier alpha value is -3.54. The summed E-state index contributed by atoms with van der Waals surface area (Å²) in [6.45, 7) is 14.4. The first-order chi connectivity index (χ1) is 14.8. The normalized spacial score (nSPS) is 16.5. The largest absolute Gasteiger partial charge is 0.485 e. The van der Waals surface area contributed by atoms with Gasteiger partial charge in [-0.1, -0.05) is 49.6 Å². The van der Waals surface area contributed by atoms with Gasteiger partial charge in [0.25, 0.3) is 5.91 Å². The van der Waals surface area contributed by atoms with Gasteiger partial charge in [0.05, 0.1) is 6.20 Å². The van der Waals surface area contributed by atoms with Crippen molar-refractivity contribution in [3.63, 3.8) is 0 Å². The van der Waals surface area contributed by atoms with E-state index < -0.39 is 11.6 Å². The van der Waals surface area contributed by atoms with Gasteiger partial charge in [0.15, 0.2) is 11.5 Å². The van der Waals surface area contributed by atoms with Crippen LogP contribution < -0.4 is 9.47 Å². The van der Waals surface area contributed by atoms with Crippen LogP contribution in [0.2, 0.25) is 0 Å². The van der Waals surface area contributed by atoms with Gasteiger partial charge in [0, 0.05) is 23.8 Å². The van der Waals surface area contributed by atoms with Gasteiger partial charge in [-0.15, -0.1) is 0 Å². The van der Waals surface area contributed by atoms with Gasteiger partial charge in [-0.05, 0) is 44.1 Å². The number of hydrogen-bond donors (Lipinski definition) is 1. The number of carbonyl (C=O) groups is 1. The molecule has 0 saturated carbocycles. The molecule has 0 aliphatic carbocycles. The van der Waals surface area contributed by atoms with Crippen LogP contribution in [0.1, 0.15) is 26.3 Å². The number of ether oxygens (including phenoxy) is 2. The van der Waals surface area contributed by atoms with E-state index in [1.165, 1.54) is 0 Å². The molecule has 1 amide bonds. The lowest BCUT2D eigenvalue weighted by atomic mass is 10.0. The van der Waals surface area contributed by atoms with E-state index >= 15 is 0 Å². The number of carbonyl (C=O) groups excluding carboxylic acids is 1. The Morgan fingerprint density at radius 2 is 1.97 bits per heavy atom. The van der Waals surface area contributed by atoms with Gasteiger partial charge >= 0.3 is 0 Å².